The van der Waals surface area contributed by atoms with E-state index in [1.807, 2.05) is 26.2 Å². The molecule has 1 aromatic carbocycles. The maximum Gasteiger partial charge on any atom is 0.0349 e. The van der Waals surface area contributed by atoms with Crippen molar-refractivity contribution in [2.75, 3.05) is 0 Å². The Labute approximate surface area is 91.3 Å². The summed E-state index contributed by atoms with van der Waals surface area (Å²) in [4.78, 5) is 4.12. The van der Waals surface area contributed by atoms with Crippen LogP contribution in [0.25, 0.3) is 10.8 Å². The van der Waals surface area contributed by atoms with E-state index in [-0.39, 0.29) is 5.48 Å². The molecule has 15 heavy (non-hydrogen) atoms. The Hall–Kier alpha value is -1.41. The molecule has 0 aliphatic carbocycles. The van der Waals surface area contributed by atoms with Gasteiger partial charge in [-0.25, -0.2) is 0 Å². The third kappa shape index (κ3) is 3.03. The lowest BCUT2D eigenvalue weighted by atomic mass is 10.1. The molecule has 0 aliphatic rings. The van der Waals surface area contributed by atoms with E-state index in [0.29, 0.717) is 0 Å². The molecule has 0 fully saturated rings. The standard InChI is InChI=1S/C11H11N.C2H6.H2O/c1-2-9-4-3-5-10-6-7-12-8-11(9)10;1-2;/h3-8H,2H2,1H3;1-2H3;1H2. The van der Waals surface area contributed by atoms with E-state index < -0.39 is 0 Å². The number of rotatable bonds is 1. The zero-order valence-corrected chi connectivity index (χ0v) is 9.62. The van der Waals surface area contributed by atoms with Gasteiger partial charge in [0.2, 0.25) is 0 Å². The van der Waals surface area contributed by atoms with Crippen LogP contribution in [0.3, 0.4) is 0 Å². The minimum Gasteiger partial charge on any atom is -0.412 e. The van der Waals surface area contributed by atoms with Crippen molar-refractivity contribution < 1.29 is 5.48 Å². The Balaban J connectivity index is 0.000000617. The molecule has 2 nitrogen and oxygen atoms in total. The normalized spacial score (nSPS) is 8.73. The number of fused-ring (bicyclic) bond motifs is 1. The average molecular weight is 205 g/mol. The third-order valence-electron chi connectivity index (χ3n) is 2.15. The van der Waals surface area contributed by atoms with E-state index in [4.69, 9.17) is 0 Å². The first-order chi connectivity index (χ1) is 6.92. The van der Waals surface area contributed by atoms with Gasteiger partial charge in [-0.3, -0.25) is 4.98 Å². The van der Waals surface area contributed by atoms with Crippen molar-refractivity contribution in [3.8, 4) is 0 Å². The van der Waals surface area contributed by atoms with Crippen molar-refractivity contribution in [2.24, 2.45) is 0 Å². The molecule has 2 N–H and O–H groups in total. The predicted molar refractivity (Wildman–Crippen MR) is 66.1 cm³/mol. The van der Waals surface area contributed by atoms with Crippen LogP contribution in [-0.4, -0.2) is 10.5 Å². The van der Waals surface area contributed by atoms with Gasteiger partial charge in [-0.05, 0) is 23.4 Å². The summed E-state index contributed by atoms with van der Waals surface area (Å²) in [6.45, 7) is 6.17. The van der Waals surface area contributed by atoms with Gasteiger partial charge >= 0.3 is 0 Å². The molecule has 1 aromatic heterocycles. The van der Waals surface area contributed by atoms with Crippen molar-refractivity contribution in [1.82, 2.24) is 4.98 Å². The molecule has 0 radical (unpaired) electrons. The lowest BCUT2D eigenvalue weighted by Crippen LogP contribution is -1.83. The van der Waals surface area contributed by atoms with Crippen LogP contribution in [0.2, 0.25) is 0 Å². The predicted octanol–water partition coefficient (Wildman–Crippen LogP) is 3.00. The van der Waals surface area contributed by atoms with Gasteiger partial charge in [0, 0.05) is 17.8 Å². The highest BCUT2D eigenvalue weighted by Gasteiger charge is 1.96. The zero-order valence-electron chi connectivity index (χ0n) is 9.62. The number of nitrogens with zero attached hydrogens (tertiary/aromatic N) is 1. The molecule has 2 aromatic rings. The maximum absolute atomic E-state index is 4.12. The van der Waals surface area contributed by atoms with Crippen LogP contribution < -0.4 is 0 Å². The summed E-state index contributed by atoms with van der Waals surface area (Å²) in [5.41, 5.74) is 1.38. The molecule has 0 saturated heterocycles. The van der Waals surface area contributed by atoms with Gasteiger partial charge in [-0.2, -0.15) is 0 Å². The molecule has 0 bridgehead atoms. The zero-order chi connectivity index (χ0) is 10.4. The van der Waals surface area contributed by atoms with Crippen molar-refractivity contribution in [3.63, 3.8) is 0 Å². The second-order valence-electron chi connectivity index (χ2n) is 2.87. The molecule has 2 rings (SSSR count). The van der Waals surface area contributed by atoms with Crippen LogP contribution in [0.15, 0.2) is 36.7 Å². The van der Waals surface area contributed by atoms with Crippen LogP contribution >= 0.6 is 0 Å². The van der Waals surface area contributed by atoms with Crippen LogP contribution in [0, 0.1) is 0 Å². The summed E-state index contributed by atoms with van der Waals surface area (Å²) in [5.74, 6) is 0. The number of pyridine rings is 1. The second kappa shape index (κ2) is 6.96. The van der Waals surface area contributed by atoms with Crippen molar-refractivity contribution in [2.45, 2.75) is 27.2 Å². The second-order valence-corrected chi connectivity index (χ2v) is 2.87. The molecule has 0 spiro atoms. The highest BCUT2D eigenvalue weighted by molar-refractivity contribution is 5.84. The van der Waals surface area contributed by atoms with E-state index in [2.05, 4.69) is 36.2 Å². The molecule has 0 atom stereocenters. The fraction of sp³-hybridized carbons (Fsp3) is 0.308. The van der Waals surface area contributed by atoms with Gasteiger partial charge in [-0.15, -0.1) is 0 Å². The van der Waals surface area contributed by atoms with Gasteiger partial charge in [0.1, 0.15) is 0 Å². The number of aryl methyl sites for hydroxylation is 1. The smallest absolute Gasteiger partial charge is 0.0349 e. The first-order valence-electron chi connectivity index (χ1n) is 5.23. The van der Waals surface area contributed by atoms with E-state index in [1.165, 1.54) is 16.3 Å². The van der Waals surface area contributed by atoms with Crippen LogP contribution in [-0.2, 0) is 6.42 Å². The van der Waals surface area contributed by atoms with Crippen molar-refractivity contribution >= 4 is 10.8 Å². The van der Waals surface area contributed by atoms with Crippen LogP contribution in [0.4, 0.5) is 0 Å². The Morgan fingerprint density at radius 2 is 1.87 bits per heavy atom. The first-order valence-corrected chi connectivity index (χ1v) is 5.23. The molecule has 1 heterocycles. The molecule has 0 unspecified atom stereocenters. The molecular weight excluding hydrogens is 186 g/mol. The highest BCUT2D eigenvalue weighted by Crippen LogP contribution is 2.17. The average Bonchev–Trinajstić information content (AvgIpc) is 2.31. The third-order valence-corrected chi connectivity index (χ3v) is 2.15. The highest BCUT2D eigenvalue weighted by atomic mass is 16.0. The summed E-state index contributed by atoms with van der Waals surface area (Å²) in [7, 11) is 0. The van der Waals surface area contributed by atoms with E-state index in [0.717, 1.165) is 6.42 Å². The van der Waals surface area contributed by atoms with Crippen LogP contribution in [0.5, 0.6) is 0 Å². The van der Waals surface area contributed by atoms with Gasteiger partial charge < -0.3 is 5.48 Å². The lowest BCUT2D eigenvalue weighted by Gasteiger charge is -2.01. The molecule has 2 heteroatoms. The summed E-state index contributed by atoms with van der Waals surface area (Å²) < 4.78 is 0. The Morgan fingerprint density at radius 3 is 2.53 bits per heavy atom. The van der Waals surface area contributed by atoms with Crippen LogP contribution in [0.1, 0.15) is 26.3 Å². The topological polar surface area (TPSA) is 44.4 Å². The Bertz CT molecular complexity index is 393. The summed E-state index contributed by atoms with van der Waals surface area (Å²) in [5, 5.41) is 2.56. The quantitative estimate of drug-likeness (QED) is 0.705. The number of hydrogen-bond acceptors (Lipinski definition) is 1. The number of benzene rings is 1. The summed E-state index contributed by atoms with van der Waals surface area (Å²) in [6.07, 6.45) is 4.85. The fourth-order valence-corrected chi connectivity index (χ4v) is 1.48. The molecule has 0 aliphatic heterocycles. The Morgan fingerprint density at radius 1 is 1.13 bits per heavy atom. The van der Waals surface area contributed by atoms with Gasteiger partial charge in [0.15, 0.2) is 0 Å². The number of aromatic nitrogens is 1. The van der Waals surface area contributed by atoms with E-state index >= 15 is 0 Å². The minimum atomic E-state index is 0. The first kappa shape index (κ1) is 13.6. The van der Waals surface area contributed by atoms with Crippen molar-refractivity contribution in [3.05, 3.63) is 42.2 Å². The van der Waals surface area contributed by atoms with Gasteiger partial charge in [0.05, 0.1) is 0 Å². The van der Waals surface area contributed by atoms with E-state index in [1.54, 1.807) is 0 Å². The molecular formula is C13H19NO. The van der Waals surface area contributed by atoms with E-state index in [9.17, 15) is 0 Å². The minimum absolute atomic E-state index is 0. The summed E-state index contributed by atoms with van der Waals surface area (Å²) >= 11 is 0. The fourth-order valence-electron chi connectivity index (χ4n) is 1.48. The molecule has 82 valence electrons. The number of hydrogen-bond donors (Lipinski definition) is 0. The Kier molecular flexibility index (Phi) is 6.30. The molecule has 0 saturated carbocycles. The van der Waals surface area contributed by atoms with Gasteiger partial charge in [0.25, 0.3) is 0 Å². The SMILES string of the molecule is CC.CCc1cccc2ccncc12.O. The molecule has 0 amide bonds. The largest absolute Gasteiger partial charge is 0.412 e. The monoisotopic (exact) mass is 205 g/mol. The summed E-state index contributed by atoms with van der Waals surface area (Å²) in [6, 6.07) is 8.43. The van der Waals surface area contributed by atoms with Crippen molar-refractivity contribution in [1.29, 1.82) is 0 Å². The lowest BCUT2D eigenvalue weighted by molar-refractivity contribution is 0.824. The van der Waals surface area contributed by atoms with Gasteiger partial charge in [-0.1, -0.05) is 39.0 Å². The maximum atomic E-state index is 4.12.